The van der Waals surface area contributed by atoms with E-state index < -0.39 is 32.9 Å². The summed E-state index contributed by atoms with van der Waals surface area (Å²) in [7, 11) is -1.52. The highest BCUT2D eigenvalue weighted by atomic mass is 32.2. The number of halogens is 2. The van der Waals surface area contributed by atoms with Gasteiger partial charge in [0, 0.05) is 12.5 Å². The van der Waals surface area contributed by atoms with E-state index >= 15 is 4.39 Å². The van der Waals surface area contributed by atoms with Crippen LogP contribution in [-0.4, -0.2) is 44.7 Å². The van der Waals surface area contributed by atoms with Crippen LogP contribution >= 0.6 is 0 Å². The van der Waals surface area contributed by atoms with Crippen LogP contribution in [0.5, 0.6) is 0 Å². The lowest BCUT2D eigenvalue weighted by molar-refractivity contribution is -0.141. The molecule has 1 N–H and O–H groups in total. The fourth-order valence-electron chi connectivity index (χ4n) is 5.95. The lowest BCUT2D eigenvalue weighted by Crippen LogP contribution is -2.55. The molecule has 0 radical (unpaired) electrons. The smallest absolute Gasteiger partial charge is 0.250 e. The van der Waals surface area contributed by atoms with E-state index in [0.717, 1.165) is 19.3 Å². The van der Waals surface area contributed by atoms with Gasteiger partial charge in [0.05, 0.1) is 12.2 Å². The molecule has 5 rings (SSSR count). The van der Waals surface area contributed by atoms with Crippen LogP contribution in [0.4, 0.5) is 8.78 Å². The van der Waals surface area contributed by atoms with E-state index in [0.29, 0.717) is 31.1 Å². The number of ether oxygens (including phenoxy) is 1. The zero-order valence-electron chi connectivity index (χ0n) is 15.1. The monoisotopic (exact) mass is 399 g/mol. The van der Waals surface area contributed by atoms with Crippen molar-refractivity contribution in [2.24, 2.45) is 17.3 Å². The first-order valence-electron chi connectivity index (χ1n) is 9.30. The van der Waals surface area contributed by atoms with E-state index in [2.05, 4.69) is 5.32 Å². The second-order valence-electron chi connectivity index (χ2n) is 8.59. The van der Waals surface area contributed by atoms with E-state index in [9.17, 15) is 17.6 Å². The van der Waals surface area contributed by atoms with Crippen LogP contribution in [0.15, 0.2) is 23.5 Å². The summed E-state index contributed by atoms with van der Waals surface area (Å²) in [6.07, 6.45) is 4.93. The average molecular weight is 399 g/mol. The number of likely N-dealkylation sites (N-methyl/N-ethyl adjacent to an activating group) is 1. The molecule has 5 aliphatic rings. The number of nitrogens with one attached hydrogen (secondary N) is 1. The molecule has 3 unspecified atom stereocenters. The molecule has 4 fully saturated rings. The minimum atomic E-state index is -2.87. The maximum Gasteiger partial charge on any atom is 0.250 e. The molecule has 0 aromatic carbocycles. The summed E-state index contributed by atoms with van der Waals surface area (Å²) in [6, 6.07) is 0. The molecular weight excluding hydrogens is 376 g/mol. The predicted octanol–water partition coefficient (Wildman–Crippen LogP) is 2.27. The third kappa shape index (κ3) is 3.22. The molecule has 0 aromatic rings. The molecule has 1 amide bonds. The Labute approximate surface area is 158 Å². The van der Waals surface area contributed by atoms with Gasteiger partial charge in [0.2, 0.25) is 16.2 Å². The average Bonchev–Trinajstić information content (AvgIpc) is 2.57. The van der Waals surface area contributed by atoms with Crippen molar-refractivity contribution < 1.29 is 26.7 Å². The minimum absolute atomic E-state index is 0.0906. The molecule has 4 saturated carbocycles. The summed E-state index contributed by atoms with van der Waals surface area (Å²) < 4.78 is 58.7. The second-order valence-corrected chi connectivity index (χ2v) is 9.50. The third-order valence-electron chi connectivity index (χ3n) is 6.47. The lowest BCUT2D eigenvalue weighted by atomic mass is 9.49. The molecule has 8 heteroatoms. The zero-order valence-corrected chi connectivity index (χ0v) is 16.0. The Bertz CT molecular complexity index is 854. The third-order valence-corrected chi connectivity index (χ3v) is 7.24. The highest BCUT2D eigenvalue weighted by molar-refractivity contribution is 7.73. The summed E-state index contributed by atoms with van der Waals surface area (Å²) in [5.41, 5.74) is -1.73. The fraction of sp³-hybridized carbons (Fsp3) is 0.684. The number of hydrogen-bond acceptors (Lipinski definition) is 4. The van der Waals surface area contributed by atoms with Gasteiger partial charge in [-0.2, -0.15) is 8.42 Å². The number of carbonyl (C=O) groups excluding carboxylic acids is 1. The van der Waals surface area contributed by atoms with E-state index in [4.69, 9.17) is 4.74 Å². The van der Waals surface area contributed by atoms with Gasteiger partial charge in [-0.25, -0.2) is 8.78 Å². The number of amides is 1. The fourth-order valence-corrected chi connectivity index (χ4v) is 6.54. The van der Waals surface area contributed by atoms with Crippen molar-refractivity contribution in [3.8, 4) is 0 Å². The Kier molecular flexibility index (Phi) is 4.44. The number of hydrogen-bond donors (Lipinski definition) is 1. The van der Waals surface area contributed by atoms with Gasteiger partial charge in [-0.1, -0.05) is 0 Å². The Morgan fingerprint density at radius 3 is 2.48 bits per heavy atom. The van der Waals surface area contributed by atoms with Crippen molar-refractivity contribution in [2.75, 3.05) is 13.7 Å². The SMILES string of the molecule is CNC(=O)C1=CC=C(OCC23CC4CC(CC(F)(C4)C2)C3)C(=S(=O)=O)C1F. The first-order chi connectivity index (χ1) is 12.7. The molecule has 0 heterocycles. The first-order valence-corrected chi connectivity index (χ1v) is 10.4. The molecule has 5 aliphatic carbocycles. The number of alkyl halides is 2. The zero-order chi connectivity index (χ0) is 19.4. The normalized spacial score (nSPS) is 39.7. The number of rotatable bonds is 4. The Balaban J connectivity index is 1.57. The molecule has 0 saturated heterocycles. The number of carbonyl (C=O) groups is 1. The van der Waals surface area contributed by atoms with Crippen molar-refractivity contribution in [1.29, 1.82) is 0 Å². The summed E-state index contributed by atoms with van der Waals surface area (Å²) in [5.74, 6) is -0.0646. The summed E-state index contributed by atoms with van der Waals surface area (Å²) in [5, 5.41) is 2.29. The van der Waals surface area contributed by atoms with E-state index in [1.165, 1.54) is 19.2 Å². The lowest BCUT2D eigenvalue weighted by Gasteiger charge is -2.58. The molecule has 5 nitrogen and oxygen atoms in total. The highest BCUT2D eigenvalue weighted by Gasteiger charge is 2.58. The van der Waals surface area contributed by atoms with Crippen LogP contribution in [0.3, 0.4) is 0 Å². The van der Waals surface area contributed by atoms with Crippen LogP contribution in [0.2, 0.25) is 0 Å². The van der Waals surface area contributed by atoms with E-state index in [1.807, 2.05) is 0 Å². The van der Waals surface area contributed by atoms with Crippen LogP contribution in [0.25, 0.3) is 0 Å². The van der Waals surface area contributed by atoms with Crippen molar-refractivity contribution in [1.82, 2.24) is 5.32 Å². The van der Waals surface area contributed by atoms with Crippen LogP contribution in [-0.2, 0) is 19.8 Å². The van der Waals surface area contributed by atoms with Gasteiger partial charge < -0.3 is 10.1 Å². The Morgan fingerprint density at radius 2 is 1.93 bits per heavy atom. The minimum Gasteiger partial charge on any atom is -0.492 e. The molecule has 148 valence electrons. The Morgan fingerprint density at radius 1 is 1.26 bits per heavy atom. The van der Waals surface area contributed by atoms with E-state index in [-0.39, 0.29) is 23.4 Å². The molecular formula is C19H23F2NO4S. The topological polar surface area (TPSA) is 72.5 Å². The molecule has 4 bridgehead atoms. The van der Waals surface area contributed by atoms with Gasteiger partial charge in [-0.05, 0) is 62.5 Å². The second kappa shape index (κ2) is 6.43. The standard InChI is InChI=1S/C19H23F2NO4S/c1-22-17(23)13-2-3-14(16(15(13)20)27(24)25)26-10-18-5-11-4-12(6-18)8-19(21,7-11)9-18/h2-3,11-12,15H,4-10H2,1H3,(H,22,23). The predicted molar refractivity (Wildman–Crippen MR) is 96.0 cm³/mol. The van der Waals surface area contributed by atoms with Gasteiger partial charge in [-0.3, -0.25) is 4.79 Å². The van der Waals surface area contributed by atoms with Gasteiger partial charge in [0.25, 0.3) is 0 Å². The van der Waals surface area contributed by atoms with Crippen molar-refractivity contribution >= 4 is 21.1 Å². The highest BCUT2D eigenvalue weighted by Crippen LogP contribution is 2.63. The van der Waals surface area contributed by atoms with Crippen molar-refractivity contribution in [2.45, 2.75) is 50.4 Å². The molecule has 0 spiro atoms. The Hall–Kier alpha value is -1.70. The molecule has 0 aliphatic heterocycles. The molecule has 0 aromatic heterocycles. The first kappa shape index (κ1) is 18.7. The van der Waals surface area contributed by atoms with Crippen molar-refractivity contribution in [3.63, 3.8) is 0 Å². The van der Waals surface area contributed by atoms with Gasteiger partial charge >= 0.3 is 0 Å². The van der Waals surface area contributed by atoms with Crippen LogP contribution < -0.4 is 5.32 Å². The summed E-state index contributed by atoms with van der Waals surface area (Å²) in [6.45, 7) is 0.175. The van der Waals surface area contributed by atoms with E-state index in [1.54, 1.807) is 0 Å². The summed E-state index contributed by atoms with van der Waals surface area (Å²) >= 11 is 0. The maximum atomic E-state index is 15.1. The largest absolute Gasteiger partial charge is 0.492 e. The quantitative estimate of drug-likeness (QED) is 0.736. The van der Waals surface area contributed by atoms with Gasteiger partial charge in [0.15, 0.2) is 11.0 Å². The van der Waals surface area contributed by atoms with Crippen molar-refractivity contribution in [3.05, 3.63) is 23.5 Å². The van der Waals surface area contributed by atoms with Crippen LogP contribution in [0, 0.1) is 17.3 Å². The van der Waals surface area contributed by atoms with Gasteiger partial charge in [-0.15, -0.1) is 0 Å². The maximum absolute atomic E-state index is 15.1. The number of allylic oxidation sites excluding steroid dienone is 3. The molecule has 3 atom stereocenters. The van der Waals surface area contributed by atoms with Gasteiger partial charge in [0.1, 0.15) is 11.4 Å². The summed E-state index contributed by atoms with van der Waals surface area (Å²) in [4.78, 5) is 11.2. The molecule has 27 heavy (non-hydrogen) atoms. The van der Waals surface area contributed by atoms with Crippen LogP contribution in [0.1, 0.15) is 38.5 Å².